The zero-order chi connectivity index (χ0) is 13.8. The number of hydrogen-bond acceptors (Lipinski definition) is 3. The minimum atomic E-state index is 0.830. The predicted octanol–water partition coefficient (Wildman–Crippen LogP) is 2.58. The molecule has 0 bridgehead atoms. The first-order valence-corrected chi connectivity index (χ1v) is 8.08. The first kappa shape index (κ1) is 13.9. The Balaban J connectivity index is 1.46. The lowest BCUT2D eigenvalue weighted by Crippen LogP contribution is -2.38. The molecule has 2 heterocycles. The van der Waals surface area contributed by atoms with E-state index in [9.17, 15) is 0 Å². The fourth-order valence-corrected chi connectivity index (χ4v) is 3.60. The van der Waals surface area contributed by atoms with Crippen molar-refractivity contribution in [3.63, 3.8) is 0 Å². The van der Waals surface area contributed by atoms with E-state index in [4.69, 9.17) is 0 Å². The Hall–Kier alpha value is -1.06. The van der Waals surface area contributed by atoms with Crippen molar-refractivity contribution in [2.24, 2.45) is 0 Å². The molecule has 110 valence electrons. The summed E-state index contributed by atoms with van der Waals surface area (Å²) in [7, 11) is 0. The molecule has 2 fully saturated rings. The molecule has 1 atom stereocenters. The van der Waals surface area contributed by atoms with Crippen molar-refractivity contribution in [2.75, 3.05) is 44.6 Å². The summed E-state index contributed by atoms with van der Waals surface area (Å²) in [5.41, 5.74) is 2.58. The zero-order valence-electron chi connectivity index (χ0n) is 12.6. The van der Waals surface area contributed by atoms with E-state index in [1.165, 1.54) is 56.7 Å². The van der Waals surface area contributed by atoms with Crippen molar-refractivity contribution in [1.82, 2.24) is 9.80 Å². The van der Waals surface area contributed by atoms with Crippen LogP contribution in [-0.4, -0.2) is 55.1 Å². The first-order chi connectivity index (χ1) is 9.81. The van der Waals surface area contributed by atoms with E-state index in [1.54, 1.807) is 0 Å². The highest BCUT2D eigenvalue weighted by atomic mass is 15.3. The van der Waals surface area contributed by atoms with Crippen LogP contribution in [-0.2, 0) is 0 Å². The van der Waals surface area contributed by atoms with Crippen LogP contribution in [0.2, 0.25) is 0 Å². The highest BCUT2D eigenvalue weighted by molar-refractivity contribution is 5.45. The predicted molar refractivity (Wildman–Crippen MR) is 85.3 cm³/mol. The van der Waals surface area contributed by atoms with E-state index < -0.39 is 0 Å². The van der Waals surface area contributed by atoms with E-state index in [2.05, 4.69) is 46.3 Å². The molecule has 2 aliphatic heterocycles. The van der Waals surface area contributed by atoms with Crippen molar-refractivity contribution in [2.45, 2.75) is 32.2 Å². The third kappa shape index (κ3) is 3.53. The molecule has 3 heteroatoms. The zero-order valence-corrected chi connectivity index (χ0v) is 12.6. The summed E-state index contributed by atoms with van der Waals surface area (Å²) < 4.78 is 0. The summed E-state index contributed by atoms with van der Waals surface area (Å²) in [6.45, 7) is 9.55. The molecule has 0 saturated carbocycles. The third-order valence-corrected chi connectivity index (χ3v) is 4.66. The van der Waals surface area contributed by atoms with Gasteiger partial charge in [-0.3, -0.25) is 9.80 Å². The lowest BCUT2D eigenvalue weighted by atomic mass is 10.2. The van der Waals surface area contributed by atoms with Crippen molar-refractivity contribution >= 4 is 5.69 Å². The number of aryl methyl sites for hydroxylation is 1. The quantitative estimate of drug-likeness (QED) is 0.909. The number of nitrogens with one attached hydrogen (secondary N) is 1. The van der Waals surface area contributed by atoms with Crippen LogP contribution < -0.4 is 5.32 Å². The van der Waals surface area contributed by atoms with Gasteiger partial charge in [-0.05, 0) is 63.5 Å². The van der Waals surface area contributed by atoms with Gasteiger partial charge in [0.05, 0.1) is 0 Å². The summed E-state index contributed by atoms with van der Waals surface area (Å²) in [5, 5.41) is 3.56. The highest BCUT2D eigenvalue weighted by Gasteiger charge is 2.28. The maximum atomic E-state index is 3.56. The van der Waals surface area contributed by atoms with Crippen molar-refractivity contribution in [3.8, 4) is 0 Å². The number of nitrogens with zero attached hydrogens (tertiary/aromatic N) is 2. The van der Waals surface area contributed by atoms with Crippen LogP contribution in [0.1, 0.15) is 24.8 Å². The van der Waals surface area contributed by atoms with Crippen LogP contribution in [0.15, 0.2) is 24.3 Å². The molecule has 1 N–H and O–H groups in total. The van der Waals surface area contributed by atoms with Gasteiger partial charge in [-0.15, -0.1) is 0 Å². The molecule has 20 heavy (non-hydrogen) atoms. The Bertz CT molecular complexity index is 432. The maximum Gasteiger partial charge on any atom is 0.0343 e. The van der Waals surface area contributed by atoms with E-state index >= 15 is 0 Å². The molecular formula is C17H27N3. The Kier molecular flexibility index (Phi) is 4.58. The summed E-state index contributed by atoms with van der Waals surface area (Å²) in [6, 6.07) is 9.49. The molecule has 1 aromatic carbocycles. The lowest BCUT2D eigenvalue weighted by Gasteiger charge is -2.25. The number of hydrogen-bond donors (Lipinski definition) is 1. The normalized spacial score (nSPS) is 24.4. The number of fused-ring (bicyclic) bond motifs is 1. The molecule has 3 nitrogen and oxygen atoms in total. The molecule has 2 saturated heterocycles. The molecular weight excluding hydrogens is 246 g/mol. The Labute approximate surface area is 123 Å². The first-order valence-electron chi connectivity index (χ1n) is 8.08. The second-order valence-electron chi connectivity index (χ2n) is 6.28. The van der Waals surface area contributed by atoms with Gasteiger partial charge in [0.25, 0.3) is 0 Å². The summed E-state index contributed by atoms with van der Waals surface area (Å²) in [6.07, 6.45) is 4.14. The van der Waals surface area contributed by atoms with Crippen LogP contribution in [0.3, 0.4) is 0 Å². The topological polar surface area (TPSA) is 18.5 Å². The van der Waals surface area contributed by atoms with Crippen LogP contribution in [0.25, 0.3) is 0 Å². The van der Waals surface area contributed by atoms with Gasteiger partial charge in [-0.2, -0.15) is 0 Å². The van der Waals surface area contributed by atoms with Crippen LogP contribution in [0.5, 0.6) is 0 Å². The monoisotopic (exact) mass is 273 g/mol. The summed E-state index contributed by atoms with van der Waals surface area (Å²) >= 11 is 0. The summed E-state index contributed by atoms with van der Waals surface area (Å²) in [5.74, 6) is 0. The molecule has 1 unspecified atom stereocenters. The number of rotatable bonds is 4. The largest absolute Gasteiger partial charge is 0.384 e. The molecule has 2 aliphatic rings. The van der Waals surface area contributed by atoms with Gasteiger partial charge in [-0.25, -0.2) is 0 Å². The smallest absolute Gasteiger partial charge is 0.0343 e. The maximum absolute atomic E-state index is 3.56. The molecule has 0 aromatic heterocycles. The van der Waals surface area contributed by atoms with Crippen LogP contribution in [0.4, 0.5) is 5.69 Å². The molecule has 3 rings (SSSR count). The highest BCUT2D eigenvalue weighted by Crippen LogP contribution is 2.21. The average Bonchev–Trinajstić information content (AvgIpc) is 2.78. The van der Waals surface area contributed by atoms with Gasteiger partial charge < -0.3 is 5.32 Å². The number of anilines is 1. The minimum absolute atomic E-state index is 0.830. The third-order valence-electron chi connectivity index (χ3n) is 4.66. The van der Waals surface area contributed by atoms with E-state index in [1.807, 2.05) is 0 Å². The Morgan fingerprint density at radius 3 is 3.00 bits per heavy atom. The molecule has 1 aromatic rings. The van der Waals surface area contributed by atoms with Gasteiger partial charge in [0.15, 0.2) is 0 Å². The standard InChI is InChI=1S/C17H27N3/c1-15-5-2-6-16(13-15)18-8-12-19-9-4-11-20-10-3-7-17(20)14-19/h2,5-6,13,17-18H,3-4,7-12,14H2,1H3. The van der Waals surface area contributed by atoms with Crippen LogP contribution in [0, 0.1) is 6.92 Å². The Morgan fingerprint density at radius 2 is 2.10 bits per heavy atom. The van der Waals surface area contributed by atoms with Gasteiger partial charge >= 0.3 is 0 Å². The fraction of sp³-hybridized carbons (Fsp3) is 0.647. The molecule has 0 spiro atoms. The summed E-state index contributed by atoms with van der Waals surface area (Å²) in [4.78, 5) is 5.35. The van der Waals surface area contributed by atoms with E-state index in [0.717, 1.165) is 19.1 Å². The Morgan fingerprint density at radius 1 is 1.20 bits per heavy atom. The van der Waals surface area contributed by atoms with Gasteiger partial charge in [0.2, 0.25) is 0 Å². The second kappa shape index (κ2) is 6.59. The van der Waals surface area contributed by atoms with Gasteiger partial charge in [0, 0.05) is 31.4 Å². The second-order valence-corrected chi connectivity index (χ2v) is 6.28. The van der Waals surface area contributed by atoms with Crippen molar-refractivity contribution < 1.29 is 0 Å². The lowest BCUT2D eigenvalue weighted by molar-refractivity contribution is 0.224. The minimum Gasteiger partial charge on any atom is -0.384 e. The molecule has 0 aliphatic carbocycles. The van der Waals surface area contributed by atoms with Gasteiger partial charge in [0.1, 0.15) is 0 Å². The average molecular weight is 273 g/mol. The fourth-order valence-electron chi connectivity index (χ4n) is 3.60. The SMILES string of the molecule is Cc1cccc(NCCN2CCCN3CCCC3C2)c1. The molecule has 0 radical (unpaired) electrons. The number of benzene rings is 1. The van der Waals surface area contributed by atoms with E-state index in [-0.39, 0.29) is 0 Å². The van der Waals surface area contributed by atoms with E-state index in [0.29, 0.717) is 0 Å². The van der Waals surface area contributed by atoms with Crippen LogP contribution >= 0.6 is 0 Å². The van der Waals surface area contributed by atoms with Crippen molar-refractivity contribution in [3.05, 3.63) is 29.8 Å². The molecule has 0 amide bonds. The van der Waals surface area contributed by atoms with Gasteiger partial charge in [-0.1, -0.05) is 12.1 Å². The van der Waals surface area contributed by atoms with Crippen molar-refractivity contribution in [1.29, 1.82) is 0 Å².